The van der Waals surface area contributed by atoms with Crippen molar-refractivity contribution < 1.29 is 61.9 Å². The Kier molecular flexibility index (Phi) is 15.1. The van der Waals surface area contributed by atoms with Crippen molar-refractivity contribution in [1.82, 2.24) is 15.2 Å². The van der Waals surface area contributed by atoms with Crippen molar-refractivity contribution in [2.75, 3.05) is 34.9 Å². The number of halogens is 1. The van der Waals surface area contributed by atoms with E-state index in [4.69, 9.17) is 33.3 Å². The number of esters is 1. The van der Waals surface area contributed by atoms with Crippen molar-refractivity contribution in [3.63, 3.8) is 0 Å². The van der Waals surface area contributed by atoms with Crippen LogP contribution in [0.3, 0.4) is 0 Å². The summed E-state index contributed by atoms with van der Waals surface area (Å²) in [5.74, 6) is 0.0614. The predicted octanol–water partition coefficient (Wildman–Crippen LogP) is 3.61. The Labute approximate surface area is 339 Å². The van der Waals surface area contributed by atoms with Gasteiger partial charge in [-0.25, -0.2) is 14.0 Å². The van der Waals surface area contributed by atoms with Crippen molar-refractivity contribution in [3.05, 3.63) is 29.6 Å². The van der Waals surface area contributed by atoms with E-state index >= 15 is 4.39 Å². The van der Waals surface area contributed by atoms with Crippen LogP contribution < -0.4 is 5.32 Å². The topological polar surface area (TPSA) is 194 Å². The molecular formula is C41H59FN4O12. The maximum Gasteiger partial charge on any atom is 0.509 e. The second-order valence-corrected chi connectivity index (χ2v) is 16.2. The number of carbonyl (C=O) groups excluding carboxylic acids is 4. The third-order valence-corrected chi connectivity index (χ3v) is 11.6. The summed E-state index contributed by atoms with van der Waals surface area (Å²) in [7, 11) is 6.55. The summed E-state index contributed by atoms with van der Waals surface area (Å²) in [5, 5.41) is 18.5. The van der Waals surface area contributed by atoms with E-state index in [0.717, 1.165) is 6.92 Å². The first-order chi connectivity index (χ1) is 27.1. The van der Waals surface area contributed by atoms with Gasteiger partial charge in [-0.2, -0.15) is 0 Å². The molecule has 1 aromatic rings. The van der Waals surface area contributed by atoms with Gasteiger partial charge in [-0.3, -0.25) is 14.6 Å². The van der Waals surface area contributed by atoms with Crippen LogP contribution in [0.5, 0.6) is 0 Å². The van der Waals surface area contributed by atoms with Crippen molar-refractivity contribution in [3.8, 4) is 11.8 Å². The fourth-order valence-electron chi connectivity index (χ4n) is 8.29. The van der Waals surface area contributed by atoms with Crippen LogP contribution >= 0.6 is 0 Å². The number of hydrogen-bond acceptors (Lipinski definition) is 15. The van der Waals surface area contributed by atoms with Crippen LogP contribution in [-0.2, 0) is 42.8 Å². The lowest BCUT2D eigenvalue weighted by Gasteiger charge is -2.47. The number of likely N-dealkylation sites (N-methyl/N-ethyl adjacent to an activating group) is 1. The average Bonchev–Trinajstić information content (AvgIpc) is 3.50. The zero-order valence-electron chi connectivity index (χ0n) is 35.5. The number of Topliss-reactive ketones (excluding diaryl/α,β-unsaturated/α-hetero) is 1. The van der Waals surface area contributed by atoms with Gasteiger partial charge in [0.1, 0.15) is 12.2 Å². The molecular weight excluding hydrogens is 759 g/mol. The largest absolute Gasteiger partial charge is 0.509 e. The lowest BCUT2D eigenvalue weighted by Crippen LogP contribution is -2.61. The molecule has 13 atom stereocenters. The van der Waals surface area contributed by atoms with Gasteiger partial charge in [-0.05, 0) is 67.1 Å². The summed E-state index contributed by atoms with van der Waals surface area (Å²) in [5.41, 5.74) is -5.12. The van der Waals surface area contributed by atoms with E-state index in [0.29, 0.717) is 23.3 Å². The molecule has 1 amide bonds. The van der Waals surface area contributed by atoms with E-state index in [1.165, 1.54) is 40.4 Å². The SMILES string of the molecule is CC[C@H]1OC(=O)[C@@](C)(F)C(=O)[C@H](C)[C@@H](O[C@@H]2O[C@H](C)C[C@H](N(C)C)[C@H]2O)[C@](C)(OC)C[C@@H](C)/C(=N\OCC#Cc2cncc(C(=O)NC)c2)[C@H](C)[C@H]2OC(=O)O[C@@]21C. The molecule has 4 rings (SSSR count). The number of nitrogens with zero attached hydrogens (tertiary/aromatic N) is 3. The van der Waals surface area contributed by atoms with Gasteiger partial charge < -0.3 is 48.6 Å². The molecule has 0 radical (unpaired) electrons. The molecule has 3 fully saturated rings. The number of methoxy groups -OCH3 is 1. The number of pyridine rings is 1. The Morgan fingerprint density at radius 2 is 1.81 bits per heavy atom. The summed E-state index contributed by atoms with van der Waals surface area (Å²) < 4.78 is 52.6. The number of cyclic esters (lactones) is 1. The number of aliphatic hydroxyl groups excluding tert-OH is 1. The first-order valence-electron chi connectivity index (χ1n) is 19.5. The van der Waals surface area contributed by atoms with Crippen molar-refractivity contribution in [2.24, 2.45) is 22.9 Å². The number of nitrogens with one attached hydrogen (secondary N) is 1. The van der Waals surface area contributed by atoms with Crippen LogP contribution in [-0.4, -0.2) is 139 Å². The van der Waals surface area contributed by atoms with Gasteiger partial charge in [0, 0.05) is 55.9 Å². The van der Waals surface area contributed by atoms with E-state index in [1.807, 2.05) is 32.8 Å². The Balaban J connectivity index is 1.82. The number of amides is 1. The summed E-state index contributed by atoms with van der Waals surface area (Å²) in [6.07, 6.45) is -4.00. The molecule has 3 aliphatic heterocycles. The quantitative estimate of drug-likeness (QED) is 0.127. The Morgan fingerprint density at radius 1 is 1.12 bits per heavy atom. The second kappa shape index (κ2) is 18.8. The second-order valence-electron chi connectivity index (χ2n) is 16.2. The molecule has 322 valence electrons. The Hall–Kier alpha value is -4.21. The minimum absolute atomic E-state index is 0.0559. The molecule has 58 heavy (non-hydrogen) atoms. The van der Waals surface area contributed by atoms with Gasteiger partial charge in [0.15, 0.2) is 30.4 Å². The minimum atomic E-state index is -3.19. The molecule has 2 N–H and O–H groups in total. The van der Waals surface area contributed by atoms with E-state index in [1.54, 1.807) is 26.8 Å². The van der Waals surface area contributed by atoms with Crippen LogP contribution in [0.2, 0.25) is 0 Å². The molecule has 1 aromatic heterocycles. The molecule has 0 unspecified atom stereocenters. The zero-order valence-corrected chi connectivity index (χ0v) is 35.5. The summed E-state index contributed by atoms with van der Waals surface area (Å²) in [6.45, 7) is 12.3. The number of fused-ring (bicyclic) bond motifs is 1. The lowest BCUT2D eigenvalue weighted by molar-refractivity contribution is -0.295. The summed E-state index contributed by atoms with van der Waals surface area (Å²) in [6, 6.07) is 1.21. The highest BCUT2D eigenvalue weighted by Crippen LogP contribution is 2.43. The Bertz CT molecular complexity index is 1760. The highest BCUT2D eigenvalue weighted by atomic mass is 19.1. The fourth-order valence-corrected chi connectivity index (χ4v) is 8.29. The van der Waals surface area contributed by atoms with E-state index in [2.05, 4.69) is 27.3 Å². The molecule has 3 saturated heterocycles. The number of alkyl halides is 1. The van der Waals surface area contributed by atoms with E-state index in [9.17, 15) is 24.3 Å². The smallest absolute Gasteiger partial charge is 0.455 e. The minimum Gasteiger partial charge on any atom is -0.455 e. The monoisotopic (exact) mass is 818 g/mol. The number of hydrogen-bond donors (Lipinski definition) is 2. The molecule has 0 spiro atoms. The van der Waals surface area contributed by atoms with Gasteiger partial charge >= 0.3 is 12.1 Å². The maximum atomic E-state index is 16.7. The molecule has 3 aliphatic rings. The normalized spacial score (nSPS) is 38.1. The fraction of sp³-hybridized carbons (Fsp3) is 0.707. The van der Waals surface area contributed by atoms with Crippen LogP contribution in [0.1, 0.15) is 90.6 Å². The molecule has 4 heterocycles. The van der Waals surface area contributed by atoms with Gasteiger partial charge in [-0.15, -0.1) is 0 Å². The standard InChI is InChI=1S/C41H59FN4O12/c1-13-29-41(8)34(57-38(51)58-41)24(4)30(45-53-16-14-15-26-18-27(21-44-20-26)35(49)43-9)22(2)19-39(6,52-12)33(25(5)32(48)40(7,42)37(50)55-29)56-36-31(47)28(46(10)11)17-23(3)54-36/h18,20-25,28-29,31,33-34,36,47H,13,16-17,19H2,1-12H3,(H,43,49)/b45-30+/t22-,23-,24+,25+,28+,29-,31-,33-,34-,36+,39-,40+,41-/m1/s1. The van der Waals surface area contributed by atoms with Crippen molar-refractivity contribution in [2.45, 2.75) is 134 Å². The van der Waals surface area contributed by atoms with Crippen LogP contribution in [0.25, 0.3) is 0 Å². The number of ether oxygens (including phenoxy) is 6. The first-order valence-corrected chi connectivity index (χ1v) is 19.5. The summed E-state index contributed by atoms with van der Waals surface area (Å²) >= 11 is 0. The van der Waals surface area contributed by atoms with Crippen LogP contribution in [0.4, 0.5) is 9.18 Å². The zero-order chi connectivity index (χ0) is 43.3. The first kappa shape index (κ1) is 46.5. The van der Waals surface area contributed by atoms with Gasteiger partial charge in [-0.1, -0.05) is 44.7 Å². The number of ketones is 1. The Morgan fingerprint density at radius 3 is 2.43 bits per heavy atom. The van der Waals surface area contributed by atoms with Crippen LogP contribution in [0, 0.1) is 29.6 Å². The number of rotatable bonds is 8. The third-order valence-electron chi connectivity index (χ3n) is 11.6. The predicted molar refractivity (Wildman–Crippen MR) is 207 cm³/mol. The summed E-state index contributed by atoms with van der Waals surface area (Å²) in [4.78, 5) is 64.6. The average molecular weight is 819 g/mol. The molecule has 16 nitrogen and oxygen atoms in total. The molecule has 0 bridgehead atoms. The molecule has 0 saturated carbocycles. The van der Waals surface area contributed by atoms with Gasteiger partial charge in [0.05, 0.1) is 29.1 Å². The van der Waals surface area contributed by atoms with E-state index < -0.39 is 83.2 Å². The van der Waals surface area contributed by atoms with Crippen LogP contribution in [0.15, 0.2) is 23.6 Å². The molecule has 0 aliphatic carbocycles. The molecule has 0 aromatic carbocycles. The maximum absolute atomic E-state index is 16.7. The van der Waals surface area contributed by atoms with Gasteiger partial charge in [0.25, 0.3) is 11.6 Å². The number of aromatic nitrogens is 1. The molecule has 17 heteroatoms. The third kappa shape index (κ3) is 9.79. The number of carbonyl (C=O) groups is 4. The van der Waals surface area contributed by atoms with E-state index in [-0.39, 0.29) is 37.5 Å². The number of oxime groups is 1. The highest BCUT2D eigenvalue weighted by Gasteiger charge is 2.60. The van der Waals surface area contributed by atoms with Gasteiger partial charge in [0.2, 0.25) is 0 Å². The highest BCUT2D eigenvalue weighted by molar-refractivity contribution is 6.08. The lowest BCUT2D eigenvalue weighted by atomic mass is 9.73. The van der Waals surface area contributed by atoms with Crippen molar-refractivity contribution in [1.29, 1.82) is 0 Å². The number of aliphatic hydroxyl groups is 1. The van der Waals surface area contributed by atoms with Crippen molar-refractivity contribution >= 4 is 29.5 Å².